The summed E-state index contributed by atoms with van der Waals surface area (Å²) in [6.07, 6.45) is -7.87. The van der Waals surface area contributed by atoms with Crippen LogP contribution in [0.15, 0.2) is 24.3 Å². The zero-order valence-corrected chi connectivity index (χ0v) is 18.3. The SMILES string of the molecule is Cc1nc(N[C@H](C)c2cccc(C(F)F)c2F)c2cc(P(C)(C)=O)c(C(F)(F)F)nc2n1. The van der Waals surface area contributed by atoms with Crippen molar-refractivity contribution in [2.75, 3.05) is 18.6 Å². The summed E-state index contributed by atoms with van der Waals surface area (Å²) in [6, 6.07) is 3.74. The van der Waals surface area contributed by atoms with Crippen molar-refractivity contribution in [2.24, 2.45) is 0 Å². The van der Waals surface area contributed by atoms with E-state index in [4.69, 9.17) is 0 Å². The van der Waals surface area contributed by atoms with Crippen molar-refractivity contribution in [2.45, 2.75) is 32.5 Å². The van der Waals surface area contributed by atoms with Crippen LogP contribution in [-0.4, -0.2) is 28.3 Å². The van der Waals surface area contributed by atoms with Gasteiger partial charge in [-0.3, -0.25) is 0 Å². The van der Waals surface area contributed by atoms with Gasteiger partial charge in [0.15, 0.2) is 11.3 Å². The number of aromatic nitrogens is 3. The topological polar surface area (TPSA) is 67.8 Å². The standard InChI is InChI=1S/C20H19F6N4OP/c1-9(11-6-5-7-12(15(11)21)17(22)23)27-18-13-8-14(32(3,4)31)16(20(24,25)26)30-19(13)29-10(2)28-18/h5-9,17H,1-4H3,(H,27,28,29,30)/t9-/m1/s1. The maximum Gasteiger partial charge on any atom is 0.434 e. The van der Waals surface area contributed by atoms with Gasteiger partial charge in [-0.15, -0.1) is 0 Å². The highest BCUT2D eigenvalue weighted by Gasteiger charge is 2.39. The lowest BCUT2D eigenvalue weighted by atomic mass is 10.0. The Hall–Kier alpha value is -2.68. The molecular formula is C20H19F6N4OP. The molecule has 0 radical (unpaired) electrons. The highest BCUT2D eigenvalue weighted by atomic mass is 31.2. The van der Waals surface area contributed by atoms with Crippen LogP contribution in [0, 0.1) is 12.7 Å². The third-order valence-corrected chi connectivity index (χ3v) is 6.24. The second kappa shape index (κ2) is 8.35. The Balaban J connectivity index is 2.17. The van der Waals surface area contributed by atoms with Crippen molar-refractivity contribution in [1.29, 1.82) is 0 Å². The van der Waals surface area contributed by atoms with E-state index in [1.165, 1.54) is 39.3 Å². The van der Waals surface area contributed by atoms with Crippen molar-refractivity contribution in [3.05, 3.63) is 52.7 Å². The van der Waals surface area contributed by atoms with Gasteiger partial charge in [0.2, 0.25) is 0 Å². The van der Waals surface area contributed by atoms with Gasteiger partial charge in [-0.1, -0.05) is 18.2 Å². The summed E-state index contributed by atoms with van der Waals surface area (Å²) in [5.41, 5.74) is -2.44. The first-order chi connectivity index (χ1) is 14.7. The molecule has 0 spiro atoms. The van der Waals surface area contributed by atoms with E-state index in [0.717, 1.165) is 12.1 Å². The smallest absolute Gasteiger partial charge is 0.363 e. The summed E-state index contributed by atoms with van der Waals surface area (Å²) in [6.45, 7) is 5.28. The van der Waals surface area contributed by atoms with Gasteiger partial charge >= 0.3 is 6.18 Å². The van der Waals surface area contributed by atoms with Crippen LogP contribution in [0.4, 0.5) is 32.2 Å². The Kier molecular flexibility index (Phi) is 6.25. The van der Waals surface area contributed by atoms with Crippen molar-refractivity contribution in [3.8, 4) is 0 Å². The Bertz CT molecular complexity index is 1220. The molecule has 0 saturated carbocycles. The van der Waals surface area contributed by atoms with E-state index in [1.54, 1.807) is 0 Å². The predicted molar refractivity (Wildman–Crippen MR) is 110 cm³/mol. The number of hydrogen-bond donors (Lipinski definition) is 1. The highest BCUT2D eigenvalue weighted by Crippen LogP contribution is 2.42. The molecule has 0 bridgehead atoms. The van der Waals surface area contributed by atoms with E-state index in [9.17, 15) is 30.9 Å². The first-order valence-electron chi connectivity index (χ1n) is 9.35. The Labute approximate surface area is 179 Å². The minimum Gasteiger partial charge on any atom is -0.363 e. The summed E-state index contributed by atoms with van der Waals surface area (Å²) in [5, 5.41) is 2.39. The normalized spacial score (nSPS) is 13.6. The molecule has 0 amide bonds. The number of nitrogens with zero attached hydrogens (tertiary/aromatic N) is 3. The lowest BCUT2D eigenvalue weighted by Crippen LogP contribution is -2.23. The summed E-state index contributed by atoms with van der Waals surface area (Å²) >= 11 is 0. The number of benzene rings is 1. The van der Waals surface area contributed by atoms with Crippen molar-refractivity contribution in [3.63, 3.8) is 0 Å². The summed E-state index contributed by atoms with van der Waals surface area (Å²) < 4.78 is 93.8. The van der Waals surface area contributed by atoms with Gasteiger partial charge in [0.1, 0.15) is 24.6 Å². The van der Waals surface area contributed by atoms with Gasteiger partial charge in [0, 0.05) is 10.9 Å². The van der Waals surface area contributed by atoms with Crippen LogP contribution in [0.25, 0.3) is 11.0 Å². The first kappa shape index (κ1) is 24.0. The highest BCUT2D eigenvalue weighted by molar-refractivity contribution is 7.70. The fourth-order valence-electron chi connectivity index (χ4n) is 3.24. The van der Waals surface area contributed by atoms with E-state index >= 15 is 0 Å². The molecule has 0 aliphatic rings. The van der Waals surface area contributed by atoms with Crippen LogP contribution < -0.4 is 10.6 Å². The van der Waals surface area contributed by atoms with Crippen LogP contribution in [0.3, 0.4) is 0 Å². The molecule has 5 nitrogen and oxygen atoms in total. The predicted octanol–water partition coefficient (Wildman–Crippen LogP) is 5.85. The molecule has 3 rings (SSSR count). The molecule has 0 fully saturated rings. The molecule has 172 valence electrons. The quantitative estimate of drug-likeness (QED) is 0.370. The van der Waals surface area contributed by atoms with E-state index < -0.39 is 48.2 Å². The number of nitrogens with one attached hydrogen (secondary N) is 1. The molecule has 12 heteroatoms. The number of aryl methyl sites for hydroxylation is 1. The van der Waals surface area contributed by atoms with E-state index in [1.807, 2.05) is 0 Å². The second-order valence-corrected chi connectivity index (χ2v) is 10.8. The van der Waals surface area contributed by atoms with Gasteiger partial charge in [-0.25, -0.2) is 28.1 Å². The fraction of sp³-hybridized carbons (Fsp3) is 0.350. The maximum absolute atomic E-state index is 14.5. The number of anilines is 1. The van der Waals surface area contributed by atoms with Gasteiger partial charge in [0.25, 0.3) is 6.43 Å². The van der Waals surface area contributed by atoms with Crippen LogP contribution in [-0.2, 0) is 10.7 Å². The summed E-state index contributed by atoms with van der Waals surface area (Å²) in [4.78, 5) is 11.7. The van der Waals surface area contributed by atoms with Gasteiger partial charge in [-0.05, 0) is 33.2 Å². The average molecular weight is 476 g/mol. The number of hydrogen-bond acceptors (Lipinski definition) is 5. The van der Waals surface area contributed by atoms with E-state index in [-0.39, 0.29) is 28.2 Å². The average Bonchev–Trinajstić information content (AvgIpc) is 2.65. The molecule has 32 heavy (non-hydrogen) atoms. The number of alkyl halides is 5. The van der Waals surface area contributed by atoms with Crippen molar-refractivity contribution < 1.29 is 30.9 Å². The van der Waals surface area contributed by atoms with Gasteiger partial charge in [-0.2, -0.15) is 13.2 Å². The summed E-state index contributed by atoms with van der Waals surface area (Å²) in [7, 11) is -3.42. The molecule has 0 unspecified atom stereocenters. The van der Waals surface area contributed by atoms with Crippen LogP contribution in [0.5, 0.6) is 0 Å². The number of fused-ring (bicyclic) bond motifs is 1. The molecule has 2 heterocycles. The minimum atomic E-state index is -4.86. The van der Waals surface area contributed by atoms with E-state index in [2.05, 4.69) is 20.3 Å². The molecule has 0 aliphatic heterocycles. The van der Waals surface area contributed by atoms with Crippen molar-refractivity contribution in [1.82, 2.24) is 15.0 Å². The lowest BCUT2D eigenvalue weighted by Gasteiger charge is -2.20. The number of pyridine rings is 1. The molecule has 2 aromatic heterocycles. The minimum absolute atomic E-state index is 0.0118. The van der Waals surface area contributed by atoms with Gasteiger partial charge in [0.05, 0.1) is 17.0 Å². The second-order valence-electron chi connectivity index (χ2n) is 7.61. The molecule has 1 N–H and O–H groups in total. The molecule has 0 saturated heterocycles. The largest absolute Gasteiger partial charge is 0.434 e. The van der Waals surface area contributed by atoms with E-state index in [0.29, 0.717) is 0 Å². The molecule has 3 aromatic rings. The maximum atomic E-state index is 14.5. The molecule has 1 atom stereocenters. The first-order valence-corrected chi connectivity index (χ1v) is 12.0. The third kappa shape index (κ3) is 4.72. The van der Waals surface area contributed by atoms with Gasteiger partial charge < -0.3 is 9.88 Å². The van der Waals surface area contributed by atoms with Crippen LogP contribution in [0.1, 0.15) is 42.0 Å². The summed E-state index contributed by atoms with van der Waals surface area (Å²) in [5.74, 6) is -1.00. The van der Waals surface area contributed by atoms with Crippen LogP contribution in [0.2, 0.25) is 0 Å². The Morgan fingerprint density at radius 1 is 1.06 bits per heavy atom. The molecule has 0 aliphatic carbocycles. The fourth-order valence-corrected chi connectivity index (χ4v) is 4.36. The molecule has 1 aromatic carbocycles. The number of halogens is 6. The Morgan fingerprint density at radius 2 is 1.69 bits per heavy atom. The molecular weight excluding hydrogens is 457 g/mol. The lowest BCUT2D eigenvalue weighted by molar-refractivity contribution is -0.140. The third-order valence-electron chi connectivity index (χ3n) is 4.74. The van der Waals surface area contributed by atoms with Crippen LogP contribution >= 0.6 is 7.14 Å². The monoisotopic (exact) mass is 476 g/mol. The zero-order chi connectivity index (χ0) is 24.0. The Morgan fingerprint density at radius 3 is 2.25 bits per heavy atom. The van der Waals surface area contributed by atoms with Crippen molar-refractivity contribution >= 4 is 29.3 Å². The number of rotatable bonds is 5. The zero-order valence-electron chi connectivity index (χ0n) is 17.4.